The minimum Gasteiger partial charge on any atom is -0.343 e. The third-order valence-corrected chi connectivity index (χ3v) is 3.86. The number of nitrogens with one attached hydrogen (secondary N) is 1. The summed E-state index contributed by atoms with van der Waals surface area (Å²) in [7, 11) is 3.18. The fraction of sp³-hybridized carbons (Fsp3) is 0.636. The van der Waals surface area contributed by atoms with E-state index >= 15 is 0 Å². The number of carbonyl (C=O) groups excluding carboxylic acids is 1. The van der Waals surface area contributed by atoms with Gasteiger partial charge in [-0.05, 0) is 18.8 Å². The van der Waals surface area contributed by atoms with Gasteiger partial charge in [-0.1, -0.05) is 0 Å². The molecule has 0 spiro atoms. The van der Waals surface area contributed by atoms with Gasteiger partial charge in [0, 0.05) is 25.6 Å². The molecule has 1 amide bonds. The predicted molar refractivity (Wildman–Crippen MR) is 56.0 cm³/mol. The molecule has 0 saturated heterocycles. The van der Waals surface area contributed by atoms with E-state index in [1.807, 2.05) is 0 Å². The molecule has 1 N–H and O–H groups in total. The van der Waals surface area contributed by atoms with Crippen LogP contribution in [0.1, 0.15) is 40.5 Å². The summed E-state index contributed by atoms with van der Waals surface area (Å²) in [6.07, 6.45) is 1.25. The fourth-order valence-corrected chi connectivity index (χ4v) is 2.81. The second kappa shape index (κ2) is 3.05. The molecule has 2 aliphatic rings. The smallest absolute Gasteiger partial charge is 0.292 e. The third-order valence-electron chi connectivity index (χ3n) is 3.86. The maximum atomic E-state index is 13.9. The van der Waals surface area contributed by atoms with E-state index in [1.165, 1.54) is 4.90 Å². The molecule has 17 heavy (non-hydrogen) atoms. The Hall–Kier alpha value is -1.46. The monoisotopic (exact) mass is 241 g/mol. The van der Waals surface area contributed by atoms with Crippen molar-refractivity contribution in [1.29, 1.82) is 0 Å². The average molecular weight is 241 g/mol. The first kappa shape index (κ1) is 10.7. The lowest BCUT2D eigenvalue weighted by molar-refractivity contribution is -0.0906. The van der Waals surface area contributed by atoms with Crippen LogP contribution in [-0.4, -0.2) is 35.1 Å². The van der Waals surface area contributed by atoms with E-state index in [0.717, 1.165) is 6.42 Å². The maximum absolute atomic E-state index is 13.9. The highest BCUT2D eigenvalue weighted by Gasteiger charge is 2.61. The zero-order valence-corrected chi connectivity index (χ0v) is 9.63. The van der Waals surface area contributed by atoms with Crippen LogP contribution in [0.15, 0.2) is 0 Å². The Morgan fingerprint density at radius 1 is 1.47 bits per heavy atom. The zero-order valence-electron chi connectivity index (χ0n) is 9.63. The molecule has 4 nitrogen and oxygen atoms in total. The number of amides is 1. The van der Waals surface area contributed by atoms with Gasteiger partial charge in [0.05, 0.1) is 0 Å². The summed E-state index contributed by atoms with van der Waals surface area (Å²) >= 11 is 0. The maximum Gasteiger partial charge on any atom is 0.292 e. The predicted octanol–water partition coefficient (Wildman–Crippen LogP) is 1.71. The van der Waals surface area contributed by atoms with E-state index in [2.05, 4.69) is 10.2 Å². The van der Waals surface area contributed by atoms with Crippen molar-refractivity contribution in [1.82, 2.24) is 15.1 Å². The highest BCUT2D eigenvalue weighted by molar-refractivity contribution is 5.94. The van der Waals surface area contributed by atoms with Crippen LogP contribution in [0.25, 0.3) is 0 Å². The minimum absolute atomic E-state index is 0.143. The highest BCUT2D eigenvalue weighted by atomic mass is 19.3. The fourth-order valence-electron chi connectivity index (χ4n) is 2.81. The second-order valence-electron chi connectivity index (χ2n) is 4.97. The molecule has 2 atom stereocenters. The molecular formula is C11H13F2N3O. The van der Waals surface area contributed by atoms with Crippen molar-refractivity contribution in [3.63, 3.8) is 0 Å². The molecule has 1 saturated carbocycles. The normalized spacial score (nSPS) is 28.2. The molecule has 3 rings (SSSR count). The lowest BCUT2D eigenvalue weighted by atomic mass is 9.73. The van der Waals surface area contributed by atoms with Gasteiger partial charge in [0.2, 0.25) is 0 Å². The van der Waals surface area contributed by atoms with Gasteiger partial charge in [0.1, 0.15) is 5.69 Å². The molecule has 1 unspecified atom stereocenters. The molecular weight excluding hydrogens is 228 g/mol. The van der Waals surface area contributed by atoms with Gasteiger partial charge in [-0.25, -0.2) is 0 Å². The third kappa shape index (κ3) is 1.15. The Balaban J connectivity index is 2.10. The van der Waals surface area contributed by atoms with Crippen molar-refractivity contribution in [2.75, 3.05) is 14.1 Å². The number of halogens is 2. The van der Waals surface area contributed by atoms with E-state index < -0.39 is 11.8 Å². The van der Waals surface area contributed by atoms with Crippen molar-refractivity contribution in [3.05, 3.63) is 17.0 Å². The number of H-pyrrole nitrogens is 1. The molecule has 92 valence electrons. The Bertz CT molecular complexity index is 495. The number of alkyl halides is 2. The lowest BCUT2D eigenvalue weighted by Crippen LogP contribution is -2.32. The molecule has 0 aromatic carbocycles. The van der Waals surface area contributed by atoms with Crippen molar-refractivity contribution in [2.45, 2.75) is 24.7 Å². The second-order valence-corrected chi connectivity index (χ2v) is 4.97. The molecule has 2 aliphatic carbocycles. The van der Waals surface area contributed by atoms with E-state index in [1.54, 1.807) is 14.1 Å². The largest absolute Gasteiger partial charge is 0.343 e. The molecule has 1 heterocycles. The molecule has 1 aromatic rings. The SMILES string of the molecule is CN(C)C(=O)c1n[nH]c2c1C1CC[C@H]1C2(F)F. The summed E-state index contributed by atoms with van der Waals surface area (Å²) in [5.41, 5.74) is 0.469. The van der Waals surface area contributed by atoms with E-state index in [4.69, 9.17) is 0 Å². The van der Waals surface area contributed by atoms with Crippen LogP contribution in [0.4, 0.5) is 8.78 Å². The minimum atomic E-state index is -2.85. The topological polar surface area (TPSA) is 49.0 Å². The first-order valence-corrected chi connectivity index (χ1v) is 5.62. The number of aromatic amines is 1. The van der Waals surface area contributed by atoms with Crippen molar-refractivity contribution in [3.8, 4) is 0 Å². The van der Waals surface area contributed by atoms with Gasteiger partial charge in [-0.15, -0.1) is 0 Å². The van der Waals surface area contributed by atoms with Crippen LogP contribution in [0, 0.1) is 5.92 Å². The highest BCUT2D eigenvalue weighted by Crippen LogP contribution is 2.62. The van der Waals surface area contributed by atoms with Gasteiger partial charge in [-0.2, -0.15) is 13.9 Å². The van der Waals surface area contributed by atoms with Crippen molar-refractivity contribution >= 4 is 5.91 Å². The standard InChI is InChI=1S/C11H13F2N3O/c1-16(2)10(17)8-7-5-3-4-6(5)11(12,13)9(7)15-14-8/h5-6H,3-4H2,1-2H3,(H,14,15)/t5?,6-/m1/s1. The number of fused-ring (bicyclic) bond motifs is 3. The summed E-state index contributed by atoms with van der Waals surface area (Å²) < 4.78 is 27.8. The van der Waals surface area contributed by atoms with Gasteiger partial charge in [0.25, 0.3) is 11.8 Å². The average Bonchev–Trinajstić information content (AvgIpc) is 2.63. The summed E-state index contributed by atoms with van der Waals surface area (Å²) in [6, 6.07) is 0. The quantitative estimate of drug-likeness (QED) is 0.813. The van der Waals surface area contributed by atoms with Gasteiger partial charge < -0.3 is 4.90 Å². The molecule has 1 fully saturated rings. The van der Waals surface area contributed by atoms with Crippen molar-refractivity contribution < 1.29 is 13.6 Å². The number of aromatic nitrogens is 2. The van der Waals surface area contributed by atoms with Crippen LogP contribution >= 0.6 is 0 Å². The van der Waals surface area contributed by atoms with Gasteiger partial charge in [-0.3, -0.25) is 9.89 Å². The van der Waals surface area contributed by atoms with Crippen molar-refractivity contribution in [2.24, 2.45) is 5.92 Å². The Labute approximate surface area is 97.0 Å². The first-order valence-electron chi connectivity index (χ1n) is 5.62. The molecule has 0 aliphatic heterocycles. The summed E-state index contributed by atoms with van der Waals surface area (Å²) in [5, 5.41) is 6.14. The van der Waals surface area contributed by atoms with E-state index in [-0.39, 0.29) is 23.2 Å². The van der Waals surface area contributed by atoms with Crippen LogP contribution in [0.2, 0.25) is 0 Å². The van der Waals surface area contributed by atoms with Gasteiger partial charge in [0.15, 0.2) is 5.69 Å². The van der Waals surface area contributed by atoms with E-state index in [9.17, 15) is 13.6 Å². The molecule has 1 aromatic heterocycles. The number of carbonyl (C=O) groups is 1. The van der Waals surface area contributed by atoms with Crippen LogP contribution in [0.3, 0.4) is 0 Å². The molecule has 0 bridgehead atoms. The number of hydrogen-bond donors (Lipinski definition) is 1. The summed E-state index contributed by atoms with van der Waals surface area (Å²) in [4.78, 5) is 13.2. The van der Waals surface area contributed by atoms with Crippen LogP contribution < -0.4 is 0 Å². The number of hydrogen-bond acceptors (Lipinski definition) is 2. The molecule has 0 radical (unpaired) electrons. The first-order chi connectivity index (χ1) is 7.94. The zero-order chi connectivity index (χ0) is 12.4. The van der Waals surface area contributed by atoms with Crippen LogP contribution in [-0.2, 0) is 5.92 Å². The van der Waals surface area contributed by atoms with Gasteiger partial charge >= 0.3 is 0 Å². The summed E-state index contributed by atoms with van der Waals surface area (Å²) in [5.74, 6) is -4.00. The Morgan fingerprint density at radius 2 is 2.18 bits per heavy atom. The lowest BCUT2D eigenvalue weighted by Gasteiger charge is -2.34. The summed E-state index contributed by atoms with van der Waals surface area (Å²) in [6.45, 7) is 0. The van der Waals surface area contributed by atoms with E-state index in [0.29, 0.717) is 12.0 Å². The molecule has 6 heteroatoms. The number of rotatable bonds is 1. The Morgan fingerprint density at radius 3 is 2.71 bits per heavy atom. The Kier molecular flexibility index (Phi) is 1.92. The number of nitrogens with zero attached hydrogens (tertiary/aromatic N) is 2. The van der Waals surface area contributed by atoms with Crippen LogP contribution in [0.5, 0.6) is 0 Å².